The highest BCUT2D eigenvalue weighted by Crippen LogP contribution is 2.33. The summed E-state index contributed by atoms with van der Waals surface area (Å²) in [5.41, 5.74) is 0.843. The summed E-state index contributed by atoms with van der Waals surface area (Å²) in [6.07, 6.45) is -0.946. The molecular formula is C19H22O3. The summed E-state index contributed by atoms with van der Waals surface area (Å²) in [6.45, 7) is 5.46. The smallest absolute Gasteiger partial charge is 0.316 e. The first kappa shape index (κ1) is 16.2. The summed E-state index contributed by atoms with van der Waals surface area (Å²) in [6, 6.07) is 18.4. The first-order valence-electron chi connectivity index (χ1n) is 7.39. The molecule has 0 aliphatic heterocycles. The first-order chi connectivity index (χ1) is 10.4. The van der Waals surface area contributed by atoms with E-state index in [1.807, 2.05) is 81.4 Å². The lowest BCUT2D eigenvalue weighted by molar-refractivity contribution is -0.159. The molecule has 116 valence electrons. The molecule has 0 fully saturated rings. The molecule has 3 nitrogen and oxygen atoms in total. The van der Waals surface area contributed by atoms with Crippen molar-refractivity contribution in [3.8, 4) is 0 Å². The lowest BCUT2D eigenvalue weighted by Crippen LogP contribution is -2.30. The minimum absolute atomic E-state index is 0.421. The third-order valence-electron chi connectivity index (χ3n) is 3.28. The van der Waals surface area contributed by atoms with Crippen LogP contribution >= 0.6 is 0 Å². The van der Waals surface area contributed by atoms with Crippen molar-refractivity contribution in [1.82, 2.24) is 0 Å². The van der Waals surface area contributed by atoms with E-state index in [0.29, 0.717) is 5.56 Å². The quantitative estimate of drug-likeness (QED) is 0.872. The van der Waals surface area contributed by atoms with Crippen molar-refractivity contribution in [2.75, 3.05) is 0 Å². The molecule has 0 amide bonds. The fraction of sp³-hybridized carbons (Fsp3) is 0.316. The number of aliphatic hydroxyl groups is 1. The maximum absolute atomic E-state index is 12.6. The van der Waals surface area contributed by atoms with Gasteiger partial charge in [0, 0.05) is 0 Å². The number of aliphatic hydroxyl groups excluding tert-OH is 1. The van der Waals surface area contributed by atoms with E-state index >= 15 is 0 Å². The average Bonchev–Trinajstić information content (AvgIpc) is 2.47. The van der Waals surface area contributed by atoms with Gasteiger partial charge in [0.05, 0.1) is 6.10 Å². The van der Waals surface area contributed by atoms with Gasteiger partial charge in [-0.15, -0.1) is 0 Å². The Hall–Kier alpha value is -2.13. The maximum Gasteiger partial charge on any atom is 0.316 e. The van der Waals surface area contributed by atoms with Gasteiger partial charge in [0.25, 0.3) is 0 Å². The molecule has 0 radical (unpaired) electrons. The number of carbonyl (C=O) groups is 1. The van der Waals surface area contributed by atoms with Crippen LogP contribution in [0.4, 0.5) is 0 Å². The van der Waals surface area contributed by atoms with Crippen LogP contribution in [0.25, 0.3) is 0 Å². The highest BCUT2D eigenvalue weighted by molar-refractivity contribution is 5.79. The molecule has 0 aliphatic carbocycles. The first-order valence-corrected chi connectivity index (χ1v) is 7.39. The van der Waals surface area contributed by atoms with E-state index in [0.717, 1.165) is 5.56 Å². The van der Waals surface area contributed by atoms with Crippen LogP contribution in [0.15, 0.2) is 60.7 Å². The lowest BCUT2D eigenvalue weighted by atomic mass is 9.89. The van der Waals surface area contributed by atoms with Crippen LogP contribution in [0.3, 0.4) is 0 Å². The molecule has 0 spiro atoms. The van der Waals surface area contributed by atoms with E-state index in [9.17, 15) is 9.90 Å². The van der Waals surface area contributed by atoms with Gasteiger partial charge in [0.2, 0.25) is 0 Å². The Bertz CT molecular complexity index is 600. The molecule has 2 aromatic rings. The molecular weight excluding hydrogens is 276 g/mol. The number of hydrogen-bond acceptors (Lipinski definition) is 3. The molecule has 0 bridgehead atoms. The molecule has 0 saturated carbocycles. The Labute approximate surface area is 131 Å². The van der Waals surface area contributed by atoms with Crippen molar-refractivity contribution >= 4 is 5.97 Å². The van der Waals surface area contributed by atoms with Crippen LogP contribution < -0.4 is 0 Å². The maximum atomic E-state index is 12.6. The van der Waals surface area contributed by atoms with Crippen molar-refractivity contribution in [2.45, 2.75) is 38.4 Å². The number of esters is 1. The molecule has 0 unspecified atom stereocenters. The Morgan fingerprint density at radius 1 is 0.909 bits per heavy atom. The number of hydrogen-bond donors (Lipinski definition) is 1. The molecule has 1 N–H and O–H groups in total. The summed E-state index contributed by atoms with van der Waals surface area (Å²) < 4.78 is 5.50. The van der Waals surface area contributed by atoms with Gasteiger partial charge in [0.15, 0.2) is 0 Å². The van der Waals surface area contributed by atoms with E-state index < -0.39 is 23.6 Å². The van der Waals surface area contributed by atoms with Crippen molar-refractivity contribution in [2.24, 2.45) is 0 Å². The number of ether oxygens (including phenoxy) is 1. The van der Waals surface area contributed by atoms with Gasteiger partial charge in [-0.2, -0.15) is 0 Å². The molecule has 22 heavy (non-hydrogen) atoms. The van der Waals surface area contributed by atoms with Gasteiger partial charge in [-0.25, -0.2) is 0 Å². The standard InChI is InChI=1S/C19H22O3/c1-19(2,3)22-18(21)16(14-10-6-4-7-11-14)17(20)15-12-8-5-9-13-15/h4-13,16-17,20H,1-3H3/t16-,17-/m0/s1. The second-order valence-corrected chi connectivity index (χ2v) is 6.28. The molecule has 0 aliphatic rings. The van der Waals surface area contributed by atoms with Gasteiger partial charge >= 0.3 is 5.97 Å². The Morgan fingerprint density at radius 2 is 1.36 bits per heavy atom. The molecule has 2 atom stereocenters. The third-order valence-corrected chi connectivity index (χ3v) is 3.28. The summed E-state index contributed by atoms with van der Waals surface area (Å²) in [5, 5.41) is 10.7. The zero-order valence-corrected chi connectivity index (χ0v) is 13.2. The van der Waals surface area contributed by atoms with Crippen molar-refractivity contribution in [1.29, 1.82) is 0 Å². The van der Waals surface area contributed by atoms with E-state index in [1.165, 1.54) is 0 Å². The topological polar surface area (TPSA) is 46.5 Å². The van der Waals surface area contributed by atoms with Gasteiger partial charge in [-0.1, -0.05) is 60.7 Å². The molecule has 2 aromatic carbocycles. The summed E-state index contributed by atoms with van der Waals surface area (Å²) in [7, 11) is 0. The van der Waals surface area contributed by atoms with E-state index in [-0.39, 0.29) is 0 Å². The predicted molar refractivity (Wildman–Crippen MR) is 86.4 cm³/mol. The average molecular weight is 298 g/mol. The van der Waals surface area contributed by atoms with Crippen LogP contribution in [0, 0.1) is 0 Å². The highest BCUT2D eigenvalue weighted by atomic mass is 16.6. The molecule has 0 heterocycles. The zero-order valence-electron chi connectivity index (χ0n) is 13.2. The van der Waals surface area contributed by atoms with E-state index in [4.69, 9.17) is 4.74 Å². The summed E-state index contributed by atoms with van der Waals surface area (Å²) in [4.78, 5) is 12.6. The Kier molecular flexibility index (Phi) is 4.99. The number of carbonyl (C=O) groups excluding carboxylic acids is 1. The highest BCUT2D eigenvalue weighted by Gasteiger charge is 2.33. The second-order valence-electron chi connectivity index (χ2n) is 6.28. The predicted octanol–water partition coefficient (Wildman–Crippen LogP) is 3.85. The number of benzene rings is 2. The molecule has 0 aromatic heterocycles. The molecule has 2 rings (SSSR count). The monoisotopic (exact) mass is 298 g/mol. The SMILES string of the molecule is CC(C)(C)OC(=O)[C@@H](c1ccccc1)[C@@H](O)c1ccccc1. The van der Waals surface area contributed by atoms with Crippen molar-refractivity contribution in [3.63, 3.8) is 0 Å². The van der Waals surface area contributed by atoms with Gasteiger partial charge in [0.1, 0.15) is 11.5 Å². The second kappa shape index (κ2) is 6.75. The van der Waals surface area contributed by atoms with Crippen molar-refractivity contribution < 1.29 is 14.6 Å². The minimum Gasteiger partial charge on any atom is -0.459 e. The lowest BCUT2D eigenvalue weighted by Gasteiger charge is -2.27. The van der Waals surface area contributed by atoms with Crippen molar-refractivity contribution in [3.05, 3.63) is 71.8 Å². The minimum atomic E-state index is -0.946. The Balaban J connectivity index is 2.36. The van der Waals surface area contributed by atoms with Crippen LogP contribution in [0.5, 0.6) is 0 Å². The van der Waals surface area contributed by atoms with Crippen LogP contribution in [0.2, 0.25) is 0 Å². The molecule has 3 heteroatoms. The molecule has 0 saturated heterocycles. The van der Waals surface area contributed by atoms with E-state index in [1.54, 1.807) is 0 Å². The van der Waals surface area contributed by atoms with Gasteiger partial charge in [-0.05, 0) is 31.9 Å². The summed E-state index contributed by atoms with van der Waals surface area (Å²) in [5.74, 6) is -1.17. The zero-order chi connectivity index (χ0) is 16.2. The van der Waals surface area contributed by atoms with Gasteiger partial charge in [-0.3, -0.25) is 4.79 Å². The normalized spacial score (nSPS) is 14.2. The van der Waals surface area contributed by atoms with Crippen LogP contribution in [0.1, 0.15) is 43.9 Å². The van der Waals surface area contributed by atoms with Crippen LogP contribution in [-0.4, -0.2) is 16.7 Å². The number of rotatable bonds is 4. The fourth-order valence-electron chi connectivity index (χ4n) is 2.32. The fourth-order valence-corrected chi connectivity index (χ4v) is 2.32. The Morgan fingerprint density at radius 3 is 1.82 bits per heavy atom. The van der Waals surface area contributed by atoms with E-state index in [2.05, 4.69) is 0 Å². The third kappa shape index (κ3) is 4.18. The van der Waals surface area contributed by atoms with Gasteiger partial charge < -0.3 is 9.84 Å². The summed E-state index contributed by atoms with van der Waals surface area (Å²) >= 11 is 0. The largest absolute Gasteiger partial charge is 0.459 e. The van der Waals surface area contributed by atoms with Crippen LogP contribution in [-0.2, 0) is 9.53 Å².